The molecular weight excluding hydrogens is 853 g/mol. The minimum atomic E-state index is -3.25. The Bertz CT molecular complexity index is 2360. The summed E-state index contributed by atoms with van der Waals surface area (Å²) in [5.74, 6) is 0. The van der Waals surface area contributed by atoms with Gasteiger partial charge in [0.2, 0.25) is 0 Å². The molecule has 0 aliphatic rings. The van der Waals surface area contributed by atoms with Gasteiger partial charge in [-0.3, -0.25) is 0 Å². The van der Waals surface area contributed by atoms with Crippen LogP contribution < -0.4 is 46.7 Å². The summed E-state index contributed by atoms with van der Waals surface area (Å²) in [7, 11) is -13.5. The fourth-order valence-electron chi connectivity index (χ4n) is 7.98. The Balaban J connectivity index is 1.21. The molecule has 0 fully saturated rings. The van der Waals surface area contributed by atoms with E-state index in [1.54, 1.807) is 0 Å². The minimum absolute atomic E-state index is 0.976. The zero-order chi connectivity index (χ0) is 42.6. The van der Waals surface area contributed by atoms with E-state index in [2.05, 4.69) is 255 Å². The van der Waals surface area contributed by atoms with Crippen LogP contribution in [-0.2, 0) is 16.5 Å². The number of rotatable bonds is 17. The van der Waals surface area contributed by atoms with Gasteiger partial charge in [0.05, 0.1) is 0 Å². The number of hydrogen-bond donors (Lipinski definition) is 0. The fraction of sp³-hybridized carbons (Fsp3) is 0. The van der Waals surface area contributed by atoms with Crippen molar-refractivity contribution in [1.82, 2.24) is 0 Å². The highest BCUT2D eigenvalue weighted by Gasteiger charge is 2.49. The van der Waals surface area contributed by atoms with Crippen molar-refractivity contribution >= 4 is 91.2 Å². The summed E-state index contributed by atoms with van der Waals surface area (Å²) in [5.41, 5.74) is 0. The average molecular weight is 898 g/mol. The van der Waals surface area contributed by atoms with Crippen molar-refractivity contribution in [3.05, 3.63) is 273 Å². The van der Waals surface area contributed by atoms with E-state index in [9.17, 15) is 0 Å². The molecule has 0 spiro atoms. The van der Waals surface area contributed by atoms with Gasteiger partial charge < -0.3 is 16.5 Å². The normalized spacial score (nSPS) is 11.9. The Kier molecular flexibility index (Phi) is 13.7. The van der Waals surface area contributed by atoms with Crippen molar-refractivity contribution in [3.63, 3.8) is 0 Å². The third-order valence-electron chi connectivity index (χ3n) is 11.0. The van der Waals surface area contributed by atoms with E-state index in [0.717, 1.165) is 46.7 Å². The first kappa shape index (κ1) is 42.2. The molecule has 0 aliphatic heterocycles. The molecule has 0 saturated carbocycles. The summed E-state index contributed by atoms with van der Waals surface area (Å²) in [5, 5.41) is 9.81. The molecule has 0 aromatic heterocycles. The van der Waals surface area contributed by atoms with E-state index in [0.29, 0.717) is 0 Å². The van der Waals surface area contributed by atoms with Gasteiger partial charge in [-0.15, -0.1) is 0 Å². The monoisotopic (exact) mass is 897 g/mol. The van der Waals surface area contributed by atoms with Gasteiger partial charge >= 0.3 is 27.9 Å². The first-order valence-corrected chi connectivity index (χ1v) is 28.8. The maximum Gasteiger partial charge on any atom is 0.405 e. The van der Waals surface area contributed by atoms with Crippen LogP contribution in [-0.4, -0.2) is 44.5 Å². The van der Waals surface area contributed by atoms with E-state index in [1.807, 2.05) is 18.2 Å². The molecule has 3 radical (unpaired) electrons. The maximum atomic E-state index is 7.97. The number of hydrogen-bond acceptors (Lipinski definition) is 4. The Morgan fingerprint density at radius 3 is 0.587 bits per heavy atom. The van der Waals surface area contributed by atoms with E-state index >= 15 is 0 Å². The molecule has 0 N–H and O–H groups in total. The zero-order valence-electron chi connectivity index (χ0n) is 34.6. The van der Waals surface area contributed by atoms with Crippen LogP contribution in [0.25, 0.3) is 0 Å². The van der Waals surface area contributed by atoms with Crippen molar-refractivity contribution in [2.75, 3.05) is 0 Å². The summed E-state index contributed by atoms with van der Waals surface area (Å²) < 4.78 is 31.3. The summed E-state index contributed by atoms with van der Waals surface area (Å²) >= 11 is 0. The van der Waals surface area contributed by atoms with E-state index in [1.165, 1.54) is 0 Å². The van der Waals surface area contributed by atoms with Crippen molar-refractivity contribution in [2.24, 2.45) is 0 Å². The van der Waals surface area contributed by atoms with Crippen LogP contribution in [0.4, 0.5) is 0 Å². The largest absolute Gasteiger partial charge is 0.421 e. The first-order valence-electron chi connectivity index (χ1n) is 21.1. The lowest BCUT2D eigenvalue weighted by Gasteiger charge is -2.38. The second kappa shape index (κ2) is 20.4. The first-order chi connectivity index (χ1) is 31.2. The van der Waals surface area contributed by atoms with Gasteiger partial charge in [-0.25, -0.2) is 0 Å². The Morgan fingerprint density at radius 2 is 0.381 bits per heavy atom. The lowest BCUT2D eigenvalue weighted by Crippen LogP contribution is -2.73. The molecule has 0 heterocycles. The van der Waals surface area contributed by atoms with Crippen molar-refractivity contribution in [2.45, 2.75) is 0 Å². The topological polar surface area (TPSA) is 36.9 Å². The summed E-state index contributed by atoms with van der Waals surface area (Å²) in [6.45, 7) is 0. The highest BCUT2D eigenvalue weighted by molar-refractivity contribution is 7.11. The lowest BCUT2D eigenvalue weighted by atomic mass is 10.3. The molecule has 0 aliphatic carbocycles. The molecule has 0 saturated heterocycles. The van der Waals surface area contributed by atoms with E-state index < -0.39 is 44.5 Å². The molecule has 0 amide bonds. The SMILES string of the molecule is c1ccc([Si](O[Si](O[Si](c2ccccc2)(c2ccccc2)c2ccccc2)c2ccccc2)O[Si](O[Si](c2ccccc2)(c2ccccc2)c2ccccc2)c2ccccc2)cc1. The van der Waals surface area contributed by atoms with Crippen LogP contribution >= 0.6 is 0 Å². The van der Waals surface area contributed by atoms with Crippen LogP contribution in [0.2, 0.25) is 0 Å². The van der Waals surface area contributed by atoms with Gasteiger partial charge in [0.25, 0.3) is 16.6 Å². The highest BCUT2D eigenvalue weighted by atomic mass is 28.5. The van der Waals surface area contributed by atoms with E-state index in [4.69, 9.17) is 16.5 Å². The molecule has 0 atom stereocenters. The summed E-state index contributed by atoms with van der Waals surface area (Å²) in [4.78, 5) is 0. The Morgan fingerprint density at radius 1 is 0.206 bits per heavy atom. The van der Waals surface area contributed by atoms with Crippen LogP contribution in [0, 0.1) is 0 Å². The minimum Gasteiger partial charge on any atom is -0.421 e. The van der Waals surface area contributed by atoms with E-state index in [-0.39, 0.29) is 0 Å². The van der Waals surface area contributed by atoms with Gasteiger partial charge in [-0.1, -0.05) is 273 Å². The molecule has 63 heavy (non-hydrogen) atoms. The van der Waals surface area contributed by atoms with Crippen LogP contribution in [0.5, 0.6) is 0 Å². The van der Waals surface area contributed by atoms with Gasteiger partial charge in [0, 0.05) is 0 Å². The predicted octanol–water partition coefficient (Wildman–Crippen LogP) is 5.57. The molecule has 0 unspecified atom stereocenters. The molecule has 9 aromatic rings. The molecule has 9 rings (SSSR count). The second-order valence-electron chi connectivity index (χ2n) is 14.9. The quantitative estimate of drug-likeness (QED) is 0.0886. The van der Waals surface area contributed by atoms with Crippen LogP contribution in [0.1, 0.15) is 0 Å². The predicted molar refractivity (Wildman–Crippen MR) is 268 cm³/mol. The standard InChI is InChI=1S/C54H45O4Si5/c1-10-28-46(29-11-1)59(55-60(47-30-12-2-13-31-47)57-62(49-34-16-4-17-35-49,50-36-18-5-19-37-50)51-38-20-6-21-39-51)56-61(48-32-14-3-15-33-48)58-63(52-40-22-7-23-41-52,53-42-24-8-25-43-53)54-44-26-9-27-45-54/h1-45H. The molecule has 4 nitrogen and oxygen atoms in total. The van der Waals surface area contributed by atoms with Gasteiger partial charge in [0.1, 0.15) is 0 Å². The van der Waals surface area contributed by atoms with Crippen molar-refractivity contribution in [3.8, 4) is 0 Å². The maximum absolute atomic E-state index is 7.97. The average Bonchev–Trinajstić information content (AvgIpc) is 3.38. The third-order valence-corrected chi connectivity index (χ3v) is 27.2. The second-order valence-corrected chi connectivity index (χ2v) is 27.8. The van der Waals surface area contributed by atoms with Crippen molar-refractivity contribution < 1.29 is 16.5 Å². The van der Waals surface area contributed by atoms with Crippen molar-refractivity contribution in [1.29, 1.82) is 0 Å². The fourth-order valence-corrected chi connectivity index (χ4v) is 26.2. The highest BCUT2D eigenvalue weighted by Crippen LogP contribution is 2.17. The van der Waals surface area contributed by atoms with Gasteiger partial charge in [0.15, 0.2) is 0 Å². The molecule has 9 aromatic carbocycles. The lowest BCUT2D eigenvalue weighted by molar-refractivity contribution is 0.366. The smallest absolute Gasteiger partial charge is 0.405 e. The molecule has 9 heteroatoms. The van der Waals surface area contributed by atoms with Gasteiger partial charge in [-0.2, -0.15) is 0 Å². The van der Waals surface area contributed by atoms with Crippen LogP contribution in [0.3, 0.4) is 0 Å². The molecule has 0 bridgehead atoms. The number of benzene rings is 9. The molecular formula is C54H45O4Si5. The van der Waals surface area contributed by atoms with Gasteiger partial charge in [-0.05, 0) is 46.7 Å². The summed E-state index contributed by atoms with van der Waals surface area (Å²) in [6, 6.07) is 95.6. The van der Waals surface area contributed by atoms with Crippen LogP contribution in [0.15, 0.2) is 273 Å². The Hall–Kier alpha value is -6.10. The third kappa shape index (κ3) is 9.34. The Labute approximate surface area is 378 Å². The zero-order valence-corrected chi connectivity index (χ0v) is 39.6. The molecule has 305 valence electrons. The summed E-state index contributed by atoms with van der Waals surface area (Å²) in [6.07, 6.45) is 0.